The van der Waals surface area contributed by atoms with Crippen LogP contribution in [0.5, 0.6) is 0 Å². The number of aliphatic carboxylic acids is 1. The molecule has 0 bridgehead atoms. The Hall–Kier alpha value is -0.660. The molecular weight excluding hydrogens is 196 g/mol. The summed E-state index contributed by atoms with van der Waals surface area (Å²) in [6.07, 6.45) is 1.11. The number of rotatable bonds is 7. The molecule has 0 amide bonds. The molecule has 6 nitrogen and oxygen atoms in total. The Kier molecular flexibility index (Phi) is 5.60. The van der Waals surface area contributed by atoms with Crippen molar-refractivity contribution in [1.82, 2.24) is 10.0 Å². The number of carboxylic acids is 1. The zero-order chi connectivity index (χ0) is 10.3. The molecule has 0 aromatic heterocycles. The molecule has 0 atom stereocenters. The molecule has 0 aromatic carbocycles. The molecule has 13 heavy (non-hydrogen) atoms. The summed E-state index contributed by atoms with van der Waals surface area (Å²) >= 11 is 0. The minimum absolute atomic E-state index is 0.0406. The Morgan fingerprint density at radius 3 is 2.38 bits per heavy atom. The first-order chi connectivity index (χ1) is 5.92. The van der Waals surface area contributed by atoms with Crippen molar-refractivity contribution in [3.63, 3.8) is 0 Å². The van der Waals surface area contributed by atoms with E-state index < -0.39 is 16.0 Å². The van der Waals surface area contributed by atoms with Gasteiger partial charge in [0, 0.05) is 19.6 Å². The lowest BCUT2D eigenvalue weighted by Gasteiger charge is -2.02. The molecule has 78 valence electrons. The van der Waals surface area contributed by atoms with Gasteiger partial charge in [0.25, 0.3) is 0 Å². The van der Waals surface area contributed by atoms with Crippen LogP contribution in [0, 0.1) is 0 Å². The highest BCUT2D eigenvalue weighted by Gasteiger charge is 1.98. The second kappa shape index (κ2) is 5.90. The fourth-order valence-corrected chi connectivity index (χ4v) is 1.12. The number of hydrogen-bond acceptors (Lipinski definition) is 4. The van der Waals surface area contributed by atoms with Gasteiger partial charge in [-0.1, -0.05) is 0 Å². The molecule has 3 N–H and O–H groups in total. The maximum Gasteiger partial charge on any atom is 0.304 e. The maximum atomic E-state index is 10.5. The zero-order valence-corrected chi connectivity index (χ0v) is 8.23. The van der Waals surface area contributed by atoms with Crippen molar-refractivity contribution in [2.24, 2.45) is 0 Å². The van der Waals surface area contributed by atoms with E-state index in [1.54, 1.807) is 0 Å². The Labute approximate surface area is 77.4 Å². The molecule has 0 saturated heterocycles. The predicted octanol–water partition coefficient (Wildman–Crippen LogP) is -1.40. The Bertz CT molecular complexity index is 249. The fraction of sp³-hybridized carbons (Fsp3) is 0.833. The van der Waals surface area contributed by atoms with Crippen LogP contribution in [0.1, 0.15) is 6.42 Å². The van der Waals surface area contributed by atoms with Crippen LogP contribution in [-0.2, 0) is 14.8 Å². The number of carboxylic acid groups (broad SMARTS) is 1. The summed E-state index contributed by atoms with van der Waals surface area (Å²) < 4.78 is 23.4. The minimum atomic E-state index is -3.13. The first kappa shape index (κ1) is 12.3. The molecule has 0 aliphatic carbocycles. The van der Waals surface area contributed by atoms with Crippen LogP contribution in [0.25, 0.3) is 0 Å². The monoisotopic (exact) mass is 210 g/mol. The number of hydrogen-bond donors (Lipinski definition) is 3. The van der Waals surface area contributed by atoms with E-state index in [0.717, 1.165) is 6.26 Å². The average Bonchev–Trinajstić information content (AvgIpc) is 1.93. The van der Waals surface area contributed by atoms with Crippen LogP contribution in [0.3, 0.4) is 0 Å². The smallest absolute Gasteiger partial charge is 0.304 e. The van der Waals surface area contributed by atoms with Crippen LogP contribution in [0.4, 0.5) is 0 Å². The Balaban J connectivity index is 3.23. The Morgan fingerprint density at radius 2 is 1.92 bits per heavy atom. The third kappa shape index (κ3) is 11.3. The van der Waals surface area contributed by atoms with Crippen LogP contribution < -0.4 is 10.0 Å². The van der Waals surface area contributed by atoms with E-state index in [-0.39, 0.29) is 13.0 Å². The molecule has 0 aromatic rings. The van der Waals surface area contributed by atoms with Crippen molar-refractivity contribution < 1.29 is 18.3 Å². The predicted molar refractivity (Wildman–Crippen MR) is 48.0 cm³/mol. The number of nitrogens with one attached hydrogen (secondary N) is 2. The molecule has 0 spiro atoms. The van der Waals surface area contributed by atoms with Gasteiger partial charge in [-0.3, -0.25) is 4.79 Å². The van der Waals surface area contributed by atoms with E-state index in [2.05, 4.69) is 10.0 Å². The fourth-order valence-electron chi connectivity index (χ4n) is 0.645. The molecule has 0 radical (unpaired) electrons. The summed E-state index contributed by atoms with van der Waals surface area (Å²) in [5.41, 5.74) is 0. The molecular formula is C6H14N2O4S. The second-order valence-corrected chi connectivity index (χ2v) is 4.39. The van der Waals surface area contributed by atoms with Crippen LogP contribution in [0.15, 0.2) is 0 Å². The normalized spacial score (nSPS) is 11.5. The van der Waals surface area contributed by atoms with E-state index in [0.29, 0.717) is 13.1 Å². The van der Waals surface area contributed by atoms with E-state index in [4.69, 9.17) is 5.11 Å². The van der Waals surface area contributed by atoms with Gasteiger partial charge in [0.1, 0.15) is 0 Å². The highest BCUT2D eigenvalue weighted by atomic mass is 32.2. The van der Waals surface area contributed by atoms with Crippen molar-refractivity contribution in [1.29, 1.82) is 0 Å². The topological polar surface area (TPSA) is 95.5 Å². The molecule has 0 rings (SSSR count). The van der Waals surface area contributed by atoms with Crippen molar-refractivity contribution >= 4 is 16.0 Å². The van der Waals surface area contributed by atoms with Gasteiger partial charge in [0.15, 0.2) is 0 Å². The third-order valence-corrected chi connectivity index (χ3v) is 1.91. The van der Waals surface area contributed by atoms with Gasteiger partial charge in [-0.2, -0.15) is 0 Å². The van der Waals surface area contributed by atoms with Crippen molar-refractivity contribution in [2.75, 3.05) is 25.9 Å². The molecule has 7 heteroatoms. The quantitative estimate of drug-likeness (QED) is 0.449. The lowest BCUT2D eigenvalue weighted by atomic mass is 10.4. The van der Waals surface area contributed by atoms with E-state index in [1.807, 2.05) is 0 Å². The van der Waals surface area contributed by atoms with Gasteiger partial charge < -0.3 is 10.4 Å². The van der Waals surface area contributed by atoms with Gasteiger partial charge in [0.05, 0.1) is 12.7 Å². The van der Waals surface area contributed by atoms with Gasteiger partial charge >= 0.3 is 5.97 Å². The summed E-state index contributed by atoms with van der Waals surface area (Å²) in [6, 6.07) is 0. The molecule has 0 fully saturated rings. The largest absolute Gasteiger partial charge is 0.481 e. The van der Waals surface area contributed by atoms with Gasteiger partial charge in [-0.25, -0.2) is 13.1 Å². The van der Waals surface area contributed by atoms with Crippen molar-refractivity contribution in [3.05, 3.63) is 0 Å². The number of carbonyl (C=O) groups is 1. The van der Waals surface area contributed by atoms with Crippen molar-refractivity contribution in [3.8, 4) is 0 Å². The van der Waals surface area contributed by atoms with Gasteiger partial charge in [-0.15, -0.1) is 0 Å². The minimum Gasteiger partial charge on any atom is -0.481 e. The summed E-state index contributed by atoms with van der Waals surface area (Å²) in [6.45, 7) is 1.06. The molecule has 0 aliphatic heterocycles. The van der Waals surface area contributed by atoms with E-state index in [9.17, 15) is 13.2 Å². The summed E-state index contributed by atoms with van der Waals surface area (Å²) in [7, 11) is -3.13. The lowest BCUT2D eigenvalue weighted by Crippen LogP contribution is -2.31. The average molecular weight is 210 g/mol. The summed E-state index contributed by atoms with van der Waals surface area (Å²) in [4.78, 5) is 10.0. The Morgan fingerprint density at radius 1 is 1.31 bits per heavy atom. The highest BCUT2D eigenvalue weighted by molar-refractivity contribution is 7.88. The molecule has 0 heterocycles. The van der Waals surface area contributed by atoms with E-state index in [1.165, 1.54) is 0 Å². The van der Waals surface area contributed by atoms with Gasteiger partial charge in [0.2, 0.25) is 10.0 Å². The first-order valence-electron chi connectivity index (χ1n) is 3.79. The SMILES string of the molecule is CS(=O)(=O)NCCNCCC(=O)O. The highest BCUT2D eigenvalue weighted by Crippen LogP contribution is 1.75. The summed E-state index contributed by atoms with van der Waals surface area (Å²) in [5.74, 6) is -0.872. The first-order valence-corrected chi connectivity index (χ1v) is 5.68. The molecule has 0 saturated carbocycles. The maximum absolute atomic E-state index is 10.5. The van der Waals surface area contributed by atoms with Crippen LogP contribution in [-0.4, -0.2) is 45.4 Å². The van der Waals surface area contributed by atoms with Gasteiger partial charge in [-0.05, 0) is 0 Å². The molecule has 0 aliphatic rings. The van der Waals surface area contributed by atoms with Crippen molar-refractivity contribution in [2.45, 2.75) is 6.42 Å². The number of sulfonamides is 1. The zero-order valence-electron chi connectivity index (χ0n) is 7.41. The third-order valence-electron chi connectivity index (χ3n) is 1.18. The second-order valence-electron chi connectivity index (χ2n) is 2.56. The lowest BCUT2D eigenvalue weighted by molar-refractivity contribution is -0.136. The van der Waals surface area contributed by atoms with Crippen LogP contribution in [0.2, 0.25) is 0 Å². The standard InChI is InChI=1S/C6H14N2O4S/c1-13(11,12)8-5-4-7-3-2-6(9)10/h7-8H,2-5H2,1H3,(H,9,10). The summed E-state index contributed by atoms with van der Waals surface area (Å²) in [5, 5.41) is 11.0. The molecule has 0 unspecified atom stereocenters. The van der Waals surface area contributed by atoms with E-state index >= 15 is 0 Å². The van der Waals surface area contributed by atoms with Crippen LogP contribution >= 0.6 is 0 Å².